The van der Waals surface area contributed by atoms with E-state index >= 15 is 0 Å². The van der Waals surface area contributed by atoms with Gasteiger partial charge >= 0.3 is 0 Å². The Morgan fingerprint density at radius 2 is 0.536 bits per heavy atom. The van der Waals surface area contributed by atoms with Gasteiger partial charge in [-0.15, -0.1) is 0 Å². The van der Waals surface area contributed by atoms with Crippen LogP contribution in [0.4, 0.5) is 17.1 Å². The molecule has 1 nitrogen and oxygen atoms in total. The van der Waals surface area contributed by atoms with Gasteiger partial charge in [0.2, 0.25) is 0 Å². The molecule has 0 unspecified atom stereocenters. The fraction of sp³-hybridized carbons (Fsp3) is 0. The largest absolute Gasteiger partial charge is 0.311 e. The third-order valence-electron chi connectivity index (χ3n) is 14.0. The minimum Gasteiger partial charge on any atom is -0.311 e. The summed E-state index contributed by atoms with van der Waals surface area (Å²) >= 11 is 0. The third-order valence-corrected chi connectivity index (χ3v) is 14.0. The Morgan fingerprint density at radius 1 is 0.174 bits per heavy atom. The number of hydrogen-bond acceptors (Lipinski definition) is 1. The second-order valence-corrected chi connectivity index (χ2v) is 18.0. The van der Waals surface area contributed by atoms with Gasteiger partial charge in [0, 0.05) is 17.1 Å². The van der Waals surface area contributed by atoms with E-state index in [1.807, 2.05) is 0 Å². The van der Waals surface area contributed by atoms with E-state index in [0.29, 0.717) is 0 Å². The molecule has 0 radical (unpaired) electrons. The number of benzene rings is 13. The predicted molar refractivity (Wildman–Crippen MR) is 296 cm³/mol. The molecule has 0 aliphatic rings. The Hall–Kier alpha value is -9.04. The molecule has 0 aromatic heterocycles. The molecule has 13 aromatic rings. The van der Waals surface area contributed by atoms with E-state index in [0.717, 1.165) is 17.1 Å². The van der Waals surface area contributed by atoms with Crippen molar-refractivity contribution < 1.29 is 0 Å². The molecular weight excluding hydrogens is 831 g/mol. The fourth-order valence-electron chi connectivity index (χ4n) is 10.6. The summed E-state index contributed by atoms with van der Waals surface area (Å²) < 4.78 is 0. The molecule has 0 saturated carbocycles. The van der Waals surface area contributed by atoms with Gasteiger partial charge in [-0.25, -0.2) is 0 Å². The van der Waals surface area contributed by atoms with Crippen molar-refractivity contribution in [2.24, 2.45) is 0 Å². The predicted octanol–water partition coefficient (Wildman–Crippen LogP) is 19.3. The molecule has 322 valence electrons. The molecule has 0 atom stereocenters. The standard InChI is InChI=1S/C68H45N/c1-3-15-51(16-4-1)67-65-22-12-11-21-63(65)64-42-34-56(45-66(64)68(67)52-17-5-2-6-18-52)49-31-39-60(40-32-49)69(58-35-27-47(28-36-58)54-25-23-46-13-7-8-19-53(46)43-54)59-37-29-48(30-38-59)55-33-41-62-57(44-55)26-24-50-14-9-10-20-61(50)62/h1-45H. The maximum absolute atomic E-state index is 2.41. The molecule has 69 heavy (non-hydrogen) atoms. The molecule has 0 heterocycles. The zero-order chi connectivity index (χ0) is 45.7. The van der Waals surface area contributed by atoms with Gasteiger partial charge in [0.15, 0.2) is 0 Å². The van der Waals surface area contributed by atoms with Crippen LogP contribution in [0.15, 0.2) is 273 Å². The van der Waals surface area contributed by atoms with E-state index in [1.54, 1.807) is 0 Å². The maximum Gasteiger partial charge on any atom is 0.0462 e. The highest BCUT2D eigenvalue weighted by molar-refractivity contribution is 6.22. The van der Waals surface area contributed by atoms with Gasteiger partial charge in [0.1, 0.15) is 0 Å². The Bertz CT molecular complexity index is 4020. The minimum atomic E-state index is 1.09. The van der Waals surface area contributed by atoms with Crippen LogP contribution in [0.25, 0.3) is 109 Å². The Kier molecular flexibility index (Phi) is 9.91. The normalized spacial score (nSPS) is 11.5. The van der Waals surface area contributed by atoms with Gasteiger partial charge in [-0.2, -0.15) is 0 Å². The zero-order valence-corrected chi connectivity index (χ0v) is 37.9. The summed E-state index contributed by atoms with van der Waals surface area (Å²) in [7, 11) is 0. The molecule has 0 aliphatic heterocycles. The van der Waals surface area contributed by atoms with Crippen molar-refractivity contribution in [1.29, 1.82) is 0 Å². The lowest BCUT2D eigenvalue weighted by molar-refractivity contribution is 1.28. The smallest absolute Gasteiger partial charge is 0.0462 e. The zero-order valence-electron chi connectivity index (χ0n) is 37.9. The second-order valence-electron chi connectivity index (χ2n) is 18.0. The van der Waals surface area contributed by atoms with Gasteiger partial charge in [-0.1, -0.05) is 218 Å². The average molecular weight is 876 g/mol. The fourth-order valence-corrected chi connectivity index (χ4v) is 10.6. The first kappa shape index (κ1) is 40.3. The van der Waals surface area contributed by atoms with Crippen LogP contribution in [0.2, 0.25) is 0 Å². The van der Waals surface area contributed by atoms with E-state index in [4.69, 9.17) is 0 Å². The van der Waals surface area contributed by atoms with Crippen molar-refractivity contribution in [3.8, 4) is 55.6 Å². The van der Waals surface area contributed by atoms with E-state index in [-0.39, 0.29) is 0 Å². The Balaban J connectivity index is 0.906. The molecule has 1 heteroatoms. The lowest BCUT2D eigenvalue weighted by atomic mass is 9.84. The number of hydrogen-bond donors (Lipinski definition) is 0. The third kappa shape index (κ3) is 7.29. The molecule has 13 aromatic carbocycles. The van der Waals surface area contributed by atoms with Crippen LogP contribution in [0.3, 0.4) is 0 Å². The summed E-state index contributed by atoms with van der Waals surface area (Å²) in [5, 5.41) is 12.6. The van der Waals surface area contributed by atoms with Crippen LogP contribution >= 0.6 is 0 Å². The highest BCUT2D eigenvalue weighted by Gasteiger charge is 2.19. The molecule has 0 N–H and O–H groups in total. The van der Waals surface area contributed by atoms with Crippen molar-refractivity contribution in [3.63, 3.8) is 0 Å². The minimum absolute atomic E-state index is 1.09. The van der Waals surface area contributed by atoms with E-state index in [1.165, 1.54) is 109 Å². The lowest BCUT2D eigenvalue weighted by Crippen LogP contribution is -2.09. The average Bonchev–Trinajstić information content (AvgIpc) is 3.43. The molecule has 0 bridgehead atoms. The summed E-state index contributed by atoms with van der Waals surface area (Å²) in [5.41, 5.74) is 15.4. The quantitative estimate of drug-likeness (QED) is 0.138. The Labute approximate surface area is 402 Å². The van der Waals surface area contributed by atoms with Crippen molar-refractivity contribution in [3.05, 3.63) is 273 Å². The number of nitrogens with zero attached hydrogens (tertiary/aromatic N) is 1. The highest BCUT2D eigenvalue weighted by atomic mass is 15.1. The molecule has 0 spiro atoms. The van der Waals surface area contributed by atoms with Crippen LogP contribution < -0.4 is 4.90 Å². The molecule has 0 fully saturated rings. The first-order valence-electron chi connectivity index (χ1n) is 23.8. The van der Waals surface area contributed by atoms with Crippen LogP contribution in [0, 0.1) is 0 Å². The molecule has 0 amide bonds. The maximum atomic E-state index is 2.41. The monoisotopic (exact) mass is 875 g/mol. The second kappa shape index (κ2) is 17.0. The first-order chi connectivity index (χ1) is 34.2. The Morgan fingerprint density at radius 3 is 1.13 bits per heavy atom. The summed E-state index contributed by atoms with van der Waals surface area (Å²) in [5.74, 6) is 0. The van der Waals surface area contributed by atoms with Crippen molar-refractivity contribution in [2.45, 2.75) is 0 Å². The summed E-state index contributed by atoms with van der Waals surface area (Å²) in [6.45, 7) is 0. The van der Waals surface area contributed by atoms with Crippen LogP contribution in [-0.2, 0) is 0 Å². The highest BCUT2D eigenvalue weighted by Crippen LogP contribution is 2.46. The van der Waals surface area contributed by atoms with E-state index in [2.05, 4.69) is 278 Å². The lowest BCUT2D eigenvalue weighted by Gasteiger charge is -2.26. The summed E-state index contributed by atoms with van der Waals surface area (Å²) in [6, 6.07) is 100. The SMILES string of the molecule is c1ccc(-c2c(-c3ccccc3)c3cc(-c4ccc(N(c5ccc(-c6ccc7ccccc7c6)cc5)c5ccc(-c6ccc7c(ccc8ccccc87)c6)cc5)cc4)ccc3c3ccccc23)cc1. The van der Waals surface area contributed by atoms with Gasteiger partial charge in [-0.05, 0) is 164 Å². The van der Waals surface area contributed by atoms with Crippen LogP contribution in [0.1, 0.15) is 0 Å². The van der Waals surface area contributed by atoms with Crippen molar-refractivity contribution >= 4 is 70.9 Å². The van der Waals surface area contributed by atoms with Gasteiger partial charge < -0.3 is 4.90 Å². The first-order valence-corrected chi connectivity index (χ1v) is 23.8. The number of fused-ring (bicyclic) bond motifs is 7. The van der Waals surface area contributed by atoms with E-state index in [9.17, 15) is 0 Å². The molecule has 0 aliphatic carbocycles. The number of anilines is 3. The number of rotatable bonds is 8. The molecule has 13 rings (SSSR count). The molecule has 0 saturated heterocycles. The van der Waals surface area contributed by atoms with Crippen molar-refractivity contribution in [1.82, 2.24) is 0 Å². The van der Waals surface area contributed by atoms with E-state index < -0.39 is 0 Å². The van der Waals surface area contributed by atoms with Crippen LogP contribution in [-0.4, -0.2) is 0 Å². The van der Waals surface area contributed by atoms with Crippen molar-refractivity contribution in [2.75, 3.05) is 4.90 Å². The molecular formula is C68H45N. The van der Waals surface area contributed by atoms with Crippen LogP contribution in [0.5, 0.6) is 0 Å². The summed E-state index contributed by atoms with van der Waals surface area (Å²) in [6.07, 6.45) is 0. The topological polar surface area (TPSA) is 3.24 Å². The van der Waals surface area contributed by atoms with Gasteiger partial charge in [-0.3, -0.25) is 0 Å². The van der Waals surface area contributed by atoms with Gasteiger partial charge in [0.05, 0.1) is 0 Å². The van der Waals surface area contributed by atoms with Gasteiger partial charge in [0.25, 0.3) is 0 Å². The summed E-state index contributed by atoms with van der Waals surface area (Å²) in [4.78, 5) is 2.37.